The highest BCUT2D eigenvalue weighted by Gasteiger charge is 2.31. The van der Waals surface area contributed by atoms with Gasteiger partial charge in [-0.2, -0.15) is 0 Å². The number of ether oxygens (including phenoxy) is 3. The van der Waals surface area contributed by atoms with E-state index in [4.69, 9.17) is 4.74 Å². The van der Waals surface area contributed by atoms with Crippen molar-refractivity contribution in [2.75, 3.05) is 20.8 Å². The maximum absolute atomic E-state index is 11.7. The van der Waals surface area contributed by atoms with E-state index in [9.17, 15) is 14.4 Å². The summed E-state index contributed by atoms with van der Waals surface area (Å²) in [6, 6.07) is 0. The average Bonchev–Trinajstić information content (AvgIpc) is 2.75. The molecule has 0 atom stereocenters. The van der Waals surface area contributed by atoms with Crippen molar-refractivity contribution in [1.29, 1.82) is 0 Å². The number of aromatic amines is 1. The molecule has 7 heteroatoms. The number of H-pyrrole nitrogens is 1. The minimum atomic E-state index is -0.812. The van der Waals surface area contributed by atoms with E-state index in [0.717, 1.165) is 7.11 Å². The Hall–Kier alpha value is -2.31. The van der Waals surface area contributed by atoms with Gasteiger partial charge in [0, 0.05) is 5.69 Å². The number of methoxy groups -OCH3 is 2. The highest BCUT2D eigenvalue weighted by Crippen LogP contribution is 2.21. The molecule has 7 nitrogen and oxygen atoms in total. The van der Waals surface area contributed by atoms with Gasteiger partial charge in [-0.05, 0) is 13.8 Å². The first kappa shape index (κ1) is 14.7. The van der Waals surface area contributed by atoms with Crippen LogP contribution in [0.15, 0.2) is 0 Å². The Labute approximate surface area is 109 Å². The molecule has 0 amide bonds. The van der Waals surface area contributed by atoms with Crippen molar-refractivity contribution in [3.8, 4) is 0 Å². The van der Waals surface area contributed by atoms with Crippen molar-refractivity contribution in [3.05, 3.63) is 22.5 Å². The molecule has 0 aliphatic rings. The SMILES string of the molecule is CCOC(=O)c1[nH]c(C)c(C(=O)OC)c1C(=O)OC. The topological polar surface area (TPSA) is 94.7 Å². The van der Waals surface area contributed by atoms with Crippen LogP contribution in [-0.4, -0.2) is 43.7 Å². The van der Waals surface area contributed by atoms with Gasteiger partial charge in [0.1, 0.15) is 11.3 Å². The van der Waals surface area contributed by atoms with Gasteiger partial charge in [-0.3, -0.25) is 0 Å². The van der Waals surface area contributed by atoms with Gasteiger partial charge < -0.3 is 19.2 Å². The Kier molecular flexibility index (Phi) is 4.68. The molecular weight excluding hydrogens is 254 g/mol. The fraction of sp³-hybridized carbons (Fsp3) is 0.417. The lowest BCUT2D eigenvalue weighted by molar-refractivity contribution is 0.0496. The van der Waals surface area contributed by atoms with E-state index in [1.807, 2.05) is 0 Å². The number of aryl methyl sites for hydroxylation is 1. The molecule has 0 aromatic carbocycles. The summed E-state index contributed by atoms with van der Waals surface area (Å²) in [5, 5.41) is 0. The zero-order valence-electron chi connectivity index (χ0n) is 11.2. The zero-order chi connectivity index (χ0) is 14.6. The molecule has 0 aliphatic carbocycles. The summed E-state index contributed by atoms with van der Waals surface area (Å²) in [6.07, 6.45) is 0. The fourth-order valence-electron chi connectivity index (χ4n) is 1.64. The van der Waals surface area contributed by atoms with E-state index < -0.39 is 17.9 Å². The molecule has 0 bridgehead atoms. The highest BCUT2D eigenvalue weighted by molar-refractivity contribution is 6.10. The predicted molar refractivity (Wildman–Crippen MR) is 64.2 cm³/mol. The van der Waals surface area contributed by atoms with Gasteiger partial charge in [0.05, 0.1) is 26.4 Å². The van der Waals surface area contributed by atoms with Crippen LogP contribution in [0, 0.1) is 6.92 Å². The molecule has 0 radical (unpaired) electrons. The lowest BCUT2D eigenvalue weighted by Crippen LogP contribution is -2.15. The maximum Gasteiger partial charge on any atom is 0.355 e. The van der Waals surface area contributed by atoms with Gasteiger partial charge in [-0.15, -0.1) is 0 Å². The van der Waals surface area contributed by atoms with Gasteiger partial charge in [0.2, 0.25) is 0 Å². The molecule has 1 aromatic rings. The average molecular weight is 269 g/mol. The predicted octanol–water partition coefficient (Wildman–Crippen LogP) is 1.07. The van der Waals surface area contributed by atoms with E-state index in [-0.39, 0.29) is 23.4 Å². The third kappa shape index (κ3) is 2.75. The molecule has 104 valence electrons. The summed E-state index contributed by atoms with van der Waals surface area (Å²) in [5.74, 6) is -2.28. The largest absolute Gasteiger partial charge is 0.465 e. The summed E-state index contributed by atoms with van der Waals surface area (Å²) in [7, 11) is 2.33. The first-order chi connectivity index (χ1) is 8.97. The second-order valence-corrected chi connectivity index (χ2v) is 3.58. The van der Waals surface area contributed by atoms with Crippen molar-refractivity contribution in [1.82, 2.24) is 4.98 Å². The molecule has 0 saturated carbocycles. The van der Waals surface area contributed by atoms with Crippen molar-refractivity contribution >= 4 is 17.9 Å². The van der Waals surface area contributed by atoms with Crippen LogP contribution < -0.4 is 0 Å². The van der Waals surface area contributed by atoms with Crippen LogP contribution in [0.3, 0.4) is 0 Å². The number of esters is 3. The first-order valence-electron chi connectivity index (χ1n) is 5.54. The molecule has 0 aliphatic heterocycles. The highest BCUT2D eigenvalue weighted by atomic mass is 16.5. The Morgan fingerprint density at radius 2 is 1.53 bits per heavy atom. The van der Waals surface area contributed by atoms with Gasteiger partial charge in [-0.25, -0.2) is 14.4 Å². The molecule has 1 aromatic heterocycles. The van der Waals surface area contributed by atoms with Gasteiger partial charge in [0.25, 0.3) is 0 Å². The summed E-state index contributed by atoms with van der Waals surface area (Å²) >= 11 is 0. The Balaban J connectivity index is 3.44. The number of rotatable bonds is 4. The Bertz CT molecular complexity index is 517. The summed E-state index contributed by atoms with van der Waals surface area (Å²) in [6.45, 7) is 3.32. The summed E-state index contributed by atoms with van der Waals surface area (Å²) < 4.78 is 14.0. The number of hydrogen-bond acceptors (Lipinski definition) is 6. The van der Waals surface area contributed by atoms with E-state index in [2.05, 4.69) is 14.5 Å². The van der Waals surface area contributed by atoms with Crippen molar-refractivity contribution in [3.63, 3.8) is 0 Å². The lowest BCUT2D eigenvalue weighted by Gasteiger charge is -2.04. The second-order valence-electron chi connectivity index (χ2n) is 3.58. The van der Waals surface area contributed by atoms with E-state index in [1.165, 1.54) is 7.11 Å². The quantitative estimate of drug-likeness (QED) is 0.649. The number of aromatic nitrogens is 1. The maximum atomic E-state index is 11.7. The van der Waals surface area contributed by atoms with Crippen LogP contribution in [0.25, 0.3) is 0 Å². The molecular formula is C12H15NO6. The van der Waals surface area contributed by atoms with Gasteiger partial charge >= 0.3 is 17.9 Å². The third-order valence-electron chi connectivity index (χ3n) is 2.45. The smallest absolute Gasteiger partial charge is 0.355 e. The van der Waals surface area contributed by atoms with Crippen LogP contribution in [0.4, 0.5) is 0 Å². The number of carbonyl (C=O) groups excluding carboxylic acids is 3. The molecule has 19 heavy (non-hydrogen) atoms. The third-order valence-corrected chi connectivity index (χ3v) is 2.45. The van der Waals surface area contributed by atoms with Crippen LogP contribution >= 0.6 is 0 Å². The monoisotopic (exact) mass is 269 g/mol. The summed E-state index contributed by atoms with van der Waals surface area (Å²) in [4.78, 5) is 37.8. The van der Waals surface area contributed by atoms with Crippen LogP contribution in [0.1, 0.15) is 43.8 Å². The number of carbonyl (C=O) groups is 3. The van der Waals surface area contributed by atoms with Crippen LogP contribution in [0.5, 0.6) is 0 Å². The van der Waals surface area contributed by atoms with Gasteiger partial charge in [0.15, 0.2) is 0 Å². The molecule has 1 N–H and O–H groups in total. The van der Waals surface area contributed by atoms with Gasteiger partial charge in [-0.1, -0.05) is 0 Å². The Morgan fingerprint density at radius 1 is 1.00 bits per heavy atom. The molecule has 1 rings (SSSR count). The molecule has 1 heterocycles. The Morgan fingerprint density at radius 3 is 2.00 bits per heavy atom. The van der Waals surface area contributed by atoms with Crippen molar-refractivity contribution in [2.24, 2.45) is 0 Å². The fourth-order valence-corrected chi connectivity index (χ4v) is 1.64. The minimum Gasteiger partial charge on any atom is -0.465 e. The second kappa shape index (κ2) is 6.03. The number of nitrogens with one attached hydrogen (secondary N) is 1. The molecule has 0 spiro atoms. The van der Waals surface area contributed by atoms with Crippen LogP contribution in [-0.2, 0) is 14.2 Å². The zero-order valence-corrected chi connectivity index (χ0v) is 11.2. The molecule has 0 unspecified atom stereocenters. The summed E-state index contributed by atoms with van der Waals surface area (Å²) in [5.41, 5.74) is 0.00426. The standard InChI is InChI=1S/C12H15NO6/c1-5-19-12(16)9-8(11(15)18-4)7(6(2)13-9)10(14)17-3/h13H,5H2,1-4H3. The van der Waals surface area contributed by atoms with E-state index in [1.54, 1.807) is 13.8 Å². The molecule has 0 fully saturated rings. The van der Waals surface area contributed by atoms with Crippen molar-refractivity contribution in [2.45, 2.75) is 13.8 Å². The van der Waals surface area contributed by atoms with E-state index in [0.29, 0.717) is 5.69 Å². The van der Waals surface area contributed by atoms with E-state index >= 15 is 0 Å². The normalized spacial score (nSPS) is 9.89. The lowest BCUT2D eigenvalue weighted by atomic mass is 10.1. The molecule has 0 saturated heterocycles. The first-order valence-corrected chi connectivity index (χ1v) is 5.54. The van der Waals surface area contributed by atoms with Crippen LogP contribution in [0.2, 0.25) is 0 Å². The van der Waals surface area contributed by atoms with Crippen molar-refractivity contribution < 1.29 is 28.6 Å². The minimum absolute atomic E-state index is 0.0302. The number of hydrogen-bond donors (Lipinski definition) is 1.